The maximum absolute atomic E-state index is 12.8. The highest BCUT2D eigenvalue weighted by Crippen LogP contribution is 2.39. The minimum absolute atomic E-state index is 0.0317. The van der Waals surface area contributed by atoms with E-state index in [1.54, 1.807) is 29.2 Å². The van der Waals surface area contributed by atoms with Crippen molar-refractivity contribution >= 4 is 33.4 Å². The summed E-state index contributed by atoms with van der Waals surface area (Å²) in [5.74, 6) is -0.978. The van der Waals surface area contributed by atoms with Crippen molar-refractivity contribution < 1.29 is 27.5 Å². The molecule has 0 unspecified atom stereocenters. The number of nitrogens with zero attached hydrogens (tertiary/aromatic N) is 2. The van der Waals surface area contributed by atoms with E-state index in [0.29, 0.717) is 44.8 Å². The van der Waals surface area contributed by atoms with Crippen LogP contribution in [0.4, 0.5) is 5.69 Å². The molecule has 3 amide bonds. The van der Waals surface area contributed by atoms with Gasteiger partial charge in [0.25, 0.3) is 21.8 Å². The van der Waals surface area contributed by atoms with Crippen molar-refractivity contribution in [1.82, 2.24) is 9.21 Å². The van der Waals surface area contributed by atoms with Crippen LogP contribution in [0.2, 0.25) is 0 Å². The quantitative estimate of drug-likeness (QED) is 0.713. The summed E-state index contributed by atoms with van der Waals surface area (Å²) in [6, 6.07) is 10.8. The highest BCUT2D eigenvalue weighted by atomic mass is 32.2. The number of sulfonamides is 1. The molecule has 33 heavy (non-hydrogen) atoms. The Labute approximate surface area is 191 Å². The van der Waals surface area contributed by atoms with Gasteiger partial charge in [0, 0.05) is 30.4 Å². The molecule has 0 spiro atoms. The van der Waals surface area contributed by atoms with E-state index in [-0.39, 0.29) is 34.4 Å². The first-order valence-electron chi connectivity index (χ1n) is 10.8. The van der Waals surface area contributed by atoms with Crippen LogP contribution in [0.3, 0.4) is 0 Å². The number of rotatable bonds is 5. The number of morpholine rings is 1. The Balaban J connectivity index is 1.26. The van der Waals surface area contributed by atoms with Gasteiger partial charge < -0.3 is 15.0 Å². The maximum Gasteiger partial charge on any atom is 0.269 e. The molecule has 1 aliphatic carbocycles. The number of nitrogens with one attached hydrogen (secondary N) is 1. The first-order chi connectivity index (χ1) is 15.8. The van der Waals surface area contributed by atoms with E-state index in [2.05, 4.69) is 5.32 Å². The van der Waals surface area contributed by atoms with Crippen LogP contribution in [-0.4, -0.2) is 67.7 Å². The van der Waals surface area contributed by atoms with Gasteiger partial charge in [-0.25, -0.2) is 12.7 Å². The van der Waals surface area contributed by atoms with Gasteiger partial charge in [0.2, 0.25) is 5.91 Å². The lowest BCUT2D eigenvalue weighted by atomic mass is 10.1. The highest BCUT2D eigenvalue weighted by molar-refractivity contribution is 7.90. The molecule has 3 aliphatic rings. The summed E-state index contributed by atoms with van der Waals surface area (Å²) in [7, 11) is -3.93. The molecule has 1 saturated carbocycles. The third-order valence-corrected chi connectivity index (χ3v) is 7.90. The Bertz CT molecular complexity index is 1230. The summed E-state index contributed by atoms with van der Waals surface area (Å²) in [6.07, 6.45) is 1.60. The summed E-state index contributed by atoms with van der Waals surface area (Å²) < 4.78 is 31.8. The lowest BCUT2D eigenvalue weighted by Crippen LogP contribution is -2.41. The highest BCUT2D eigenvalue weighted by Gasteiger charge is 2.48. The predicted molar refractivity (Wildman–Crippen MR) is 118 cm³/mol. The fourth-order valence-corrected chi connectivity index (χ4v) is 5.91. The number of carbonyl (C=O) groups excluding carboxylic acids is 3. The molecule has 0 radical (unpaired) electrons. The van der Waals surface area contributed by atoms with E-state index in [1.807, 2.05) is 0 Å². The molecule has 2 fully saturated rings. The molecule has 1 saturated heterocycles. The SMILES string of the molecule is O=C(Nc1ccc(CC(=O)N2CCOCC2)cc1)c1ccc2c(c1)S(=O)(=O)N(C1CC1)C2=O. The van der Waals surface area contributed by atoms with Crippen molar-refractivity contribution in [2.75, 3.05) is 31.6 Å². The van der Waals surface area contributed by atoms with Crippen LogP contribution in [0.25, 0.3) is 0 Å². The second-order valence-corrected chi connectivity index (χ2v) is 10.2. The molecule has 2 aromatic carbocycles. The number of carbonyl (C=O) groups is 3. The molecule has 1 N–H and O–H groups in total. The van der Waals surface area contributed by atoms with E-state index in [9.17, 15) is 22.8 Å². The minimum Gasteiger partial charge on any atom is -0.378 e. The Morgan fingerprint density at radius 2 is 1.73 bits per heavy atom. The average Bonchev–Trinajstić information content (AvgIpc) is 3.62. The van der Waals surface area contributed by atoms with Crippen molar-refractivity contribution in [2.24, 2.45) is 0 Å². The normalized spacial score (nSPS) is 19.3. The molecule has 10 heteroatoms. The standard InChI is InChI=1S/C23H23N3O6S/c27-21(25-9-11-32-12-10-25)13-15-1-4-17(5-2-15)24-22(28)16-3-8-19-20(14-16)33(30,31)26(23(19)29)18-6-7-18/h1-5,8,14,18H,6-7,9-13H2,(H,24,28). The summed E-state index contributed by atoms with van der Waals surface area (Å²) in [5, 5.41) is 2.73. The molecule has 9 nitrogen and oxygen atoms in total. The smallest absolute Gasteiger partial charge is 0.269 e. The predicted octanol–water partition coefficient (Wildman–Crippen LogP) is 1.65. The maximum atomic E-state index is 12.8. The third-order valence-electron chi connectivity index (χ3n) is 6.02. The van der Waals surface area contributed by atoms with Gasteiger partial charge in [-0.3, -0.25) is 14.4 Å². The lowest BCUT2D eigenvalue weighted by Gasteiger charge is -2.26. The van der Waals surface area contributed by atoms with Gasteiger partial charge in [-0.2, -0.15) is 0 Å². The summed E-state index contributed by atoms with van der Waals surface area (Å²) in [6.45, 7) is 2.28. The second-order valence-electron chi connectivity index (χ2n) is 8.37. The fraction of sp³-hybridized carbons (Fsp3) is 0.348. The van der Waals surface area contributed by atoms with Crippen LogP contribution in [0.15, 0.2) is 47.4 Å². The van der Waals surface area contributed by atoms with E-state index < -0.39 is 21.8 Å². The number of benzene rings is 2. The largest absolute Gasteiger partial charge is 0.378 e. The Morgan fingerprint density at radius 1 is 1.03 bits per heavy atom. The zero-order valence-electron chi connectivity index (χ0n) is 17.8. The van der Waals surface area contributed by atoms with Crippen LogP contribution in [0.5, 0.6) is 0 Å². The van der Waals surface area contributed by atoms with Crippen molar-refractivity contribution in [1.29, 1.82) is 0 Å². The molecule has 2 aliphatic heterocycles. The molecule has 172 valence electrons. The van der Waals surface area contributed by atoms with Gasteiger partial charge in [-0.15, -0.1) is 0 Å². The van der Waals surface area contributed by atoms with E-state index in [1.165, 1.54) is 18.2 Å². The Kier molecular flexibility index (Phi) is 5.41. The van der Waals surface area contributed by atoms with Crippen molar-refractivity contribution in [3.63, 3.8) is 0 Å². The zero-order chi connectivity index (χ0) is 23.2. The van der Waals surface area contributed by atoms with E-state index in [4.69, 9.17) is 4.74 Å². The molecular weight excluding hydrogens is 446 g/mol. The molecule has 2 aromatic rings. The van der Waals surface area contributed by atoms with Gasteiger partial charge >= 0.3 is 0 Å². The third kappa shape index (κ3) is 4.11. The van der Waals surface area contributed by atoms with Gasteiger partial charge in [-0.05, 0) is 48.7 Å². The van der Waals surface area contributed by atoms with Crippen molar-refractivity contribution in [2.45, 2.75) is 30.2 Å². The van der Waals surface area contributed by atoms with Gasteiger partial charge in [0.05, 0.1) is 25.2 Å². The van der Waals surface area contributed by atoms with E-state index >= 15 is 0 Å². The first-order valence-corrected chi connectivity index (χ1v) is 12.3. The number of anilines is 1. The van der Waals surface area contributed by atoms with Crippen LogP contribution in [-0.2, 0) is 26.0 Å². The first kappa shape index (κ1) is 21.6. The summed E-state index contributed by atoms with van der Waals surface area (Å²) in [5.41, 5.74) is 1.59. The summed E-state index contributed by atoms with van der Waals surface area (Å²) >= 11 is 0. The molecule has 5 rings (SSSR count). The van der Waals surface area contributed by atoms with Crippen molar-refractivity contribution in [3.05, 3.63) is 59.2 Å². The minimum atomic E-state index is -3.93. The van der Waals surface area contributed by atoms with Gasteiger partial charge in [-0.1, -0.05) is 12.1 Å². The zero-order valence-corrected chi connectivity index (χ0v) is 18.6. The van der Waals surface area contributed by atoms with Crippen LogP contribution in [0, 0.1) is 0 Å². The van der Waals surface area contributed by atoms with Gasteiger partial charge in [0.1, 0.15) is 4.90 Å². The molecule has 0 bridgehead atoms. The summed E-state index contributed by atoms with van der Waals surface area (Å²) in [4.78, 5) is 39.2. The van der Waals surface area contributed by atoms with Crippen LogP contribution < -0.4 is 5.32 Å². The Morgan fingerprint density at radius 3 is 2.39 bits per heavy atom. The number of ether oxygens (including phenoxy) is 1. The lowest BCUT2D eigenvalue weighted by molar-refractivity contribution is -0.134. The van der Waals surface area contributed by atoms with E-state index in [0.717, 1.165) is 9.87 Å². The average molecular weight is 470 g/mol. The number of fused-ring (bicyclic) bond motifs is 1. The topological polar surface area (TPSA) is 113 Å². The van der Waals surface area contributed by atoms with Crippen molar-refractivity contribution in [3.8, 4) is 0 Å². The second kappa shape index (κ2) is 8.27. The molecule has 0 atom stereocenters. The monoisotopic (exact) mass is 469 g/mol. The van der Waals surface area contributed by atoms with Gasteiger partial charge in [0.15, 0.2) is 0 Å². The molecular formula is C23H23N3O6S. The van der Waals surface area contributed by atoms with Crippen LogP contribution >= 0.6 is 0 Å². The fourth-order valence-electron chi connectivity index (χ4n) is 4.07. The van der Waals surface area contributed by atoms with Crippen LogP contribution in [0.1, 0.15) is 39.1 Å². The Hall–Kier alpha value is -3.24. The number of hydrogen-bond donors (Lipinski definition) is 1. The number of hydrogen-bond acceptors (Lipinski definition) is 6. The molecule has 2 heterocycles. The molecule has 0 aromatic heterocycles. The number of amides is 3.